The highest BCUT2D eigenvalue weighted by atomic mass is 15.3. The van der Waals surface area contributed by atoms with Crippen LogP contribution in [0.4, 0.5) is 0 Å². The summed E-state index contributed by atoms with van der Waals surface area (Å²) in [7, 11) is 0. The highest BCUT2D eigenvalue weighted by Crippen LogP contribution is 2.50. The second kappa shape index (κ2) is 4.13. The molecular formula is C14H23N3. The van der Waals surface area contributed by atoms with Gasteiger partial charge in [0.15, 0.2) is 0 Å². The molecule has 0 radical (unpaired) electrons. The highest BCUT2D eigenvalue weighted by Gasteiger charge is 2.41. The Kier molecular flexibility index (Phi) is 2.74. The number of aromatic nitrogens is 2. The monoisotopic (exact) mass is 233 g/mol. The Bertz CT molecular complexity index is 421. The normalized spacial score (nSPS) is 31.4. The summed E-state index contributed by atoms with van der Waals surface area (Å²) in [6.07, 6.45) is 6.64. The third kappa shape index (κ3) is 1.71. The Labute approximate surface area is 103 Å². The van der Waals surface area contributed by atoms with E-state index in [1.54, 1.807) is 0 Å². The molecule has 0 aliphatic heterocycles. The Hall–Kier alpha value is -0.830. The van der Waals surface area contributed by atoms with Crippen molar-refractivity contribution in [1.29, 1.82) is 0 Å². The van der Waals surface area contributed by atoms with Gasteiger partial charge in [0, 0.05) is 5.69 Å². The Balaban J connectivity index is 1.91. The van der Waals surface area contributed by atoms with Crippen molar-refractivity contribution in [2.75, 3.05) is 6.54 Å². The third-order valence-electron chi connectivity index (χ3n) is 4.88. The zero-order chi connectivity index (χ0) is 12.0. The van der Waals surface area contributed by atoms with E-state index in [0.717, 1.165) is 24.8 Å². The van der Waals surface area contributed by atoms with Gasteiger partial charge < -0.3 is 5.73 Å². The van der Waals surface area contributed by atoms with Crippen LogP contribution in [0, 0.1) is 25.7 Å². The molecule has 3 atom stereocenters. The first-order valence-corrected chi connectivity index (χ1v) is 6.95. The van der Waals surface area contributed by atoms with Crippen LogP contribution in [-0.2, 0) is 6.42 Å². The van der Waals surface area contributed by atoms with Crippen LogP contribution in [0.25, 0.3) is 0 Å². The van der Waals surface area contributed by atoms with Crippen molar-refractivity contribution in [3.63, 3.8) is 0 Å². The van der Waals surface area contributed by atoms with Crippen molar-refractivity contribution < 1.29 is 0 Å². The van der Waals surface area contributed by atoms with Crippen molar-refractivity contribution in [1.82, 2.24) is 9.78 Å². The maximum atomic E-state index is 5.68. The number of hydrogen-bond acceptors (Lipinski definition) is 2. The lowest BCUT2D eigenvalue weighted by atomic mass is 9.95. The Morgan fingerprint density at radius 3 is 2.71 bits per heavy atom. The van der Waals surface area contributed by atoms with Crippen molar-refractivity contribution in [2.45, 2.75) is 52.0 Å². The van der Waals surface area contributed by atoms with Gasteiger partial charge >= 0.3 is 0 Å². The summed E-state index contributed by atoms with van der Waals surface area (Å²) in [5.74, 6) is 1.87. The first kappa shape index (κ1) is 11.3. The van der Waals surface area contributed by atoms with Gasteiger partial charge in [-0.3, -0.25) is 4.68 Å². The van der Waals surface area contributed by atoms with E-state index in [9.17, 15) is 0 Å². The fourth-order valence-electron chi connectivity index (χ4n) is 4.04. The molecule has 2 saturated carbocycles. The van der Waals surface area contributed by atoms with Gasteiger partial charge in [0.25, 0.3) is 0 Å². The minimum atomic E-state index is 0.680. The Morgan fingerprint density at radius 2 is 2.12 bits per heavy atom. The molecule has 2 aliphatic carbocycles. The quantitative estimate of drug-likeness (QED) is 0.871. The lowest BCUT2D eigenvalue weighted by Crippen LogP contribution is -2.18. The van der Waals surface area contributed by atoms with Crippen LogP contribution in [0.5, 0.6) is 0 Å². The standard InChI is InChI=1S/C14H23N3/c1-9-13(5-6-15)10(2)17(16-9)14-8-11-3-4-12(14)7-11/h11-12,14H,3-8,15H2,1-2H3. The molecule has 0 saturated heterocycles. The van der Waals surface area contributed by atoms with E-state index in [2.05, 4.69) is 18.5 Å². The summed E-state index contributed by atoms with van der Waals surface area (Å²) in [6, 6.07) is 0.680. The van der Waals surface area contributed by atoms with Crippen LogP contribution >= 0.6 is 0 Å². The molecule has 17 heavy (non-hydrogen) atoms. The minimum absolute atomic E-state index is 0.680. The number of hydrogen-bond donors (Lipinski definition) is 1. The molecule has 2 N–H and O–H groups in total. The topological polar surface area (TPSA) is 43.8 Å². The molecule has 0 spiro atoms. The first-order valence-electron chi connectivity index (χ1n) is 6.95. The van der Waals surface area contributed by atoms with Crippen LogP contribution in [0.1, 0.15) is 48.7 Å². The van der Waals surface area contributed by atoms with Crippen LogP contribution in [0.3, 0.4) is 0 Å². The van der Waals surface area contributed by atoms with Gasteiger partial charge in [-0.1, -0.05) is 6.42 Å². The average molecular weight is 233 g/mol. The van der Waals surface area contributed by atoms with E-state index in [0.29, 0.717) is 6.04 Å². The summed E-state index contributed by atoms with van der Waals surface area (Å²) >= 11 is 0. The molecule has 2 aliphatic rings. The van der Waals surface area contributed by atoms with E-state index in [1.807, 2.05) is 0 Å². The zero-order valence-electron chi connectivity index (χ0n) is 10.9. The minimum Gasteiger partial charge on any atom is -0.330 e. The van der Waals surface area contributed by atoms with E-state index in [-0.39, 0.29) is 0 Å². The summed E-state index contributed by atoms with van der Waals surface area (Å²) in [6.45, 7) is 5.07. The fraction of sp³-hybridized carbons (Fsp3) is 0.786. The number of aryl methyl sites for hydroxylation is 1. The third-order valence-corrected chi connectivity index (χ3v) is 4.88. The molecule has 3 nitrogen and oxygen atoms in total. The van der Waals surface area contributed by atoms with Crippen molar-refractivity contribution in [3.05, 3.63) is 17.0 Å². The number of nitrogens with zero attached hydrogens (tertiary/aromatic N) is 2. The molecule has 94 valence electrons. The summed E-state index contributed by atoms with van der Waals surface area (Å²) in [4.78, 5) is 0. The van der Waals surface area contributed by atoms with Crippen LogP contribution in [-0.4, -0.2) is 16.3 Å². The van der Waals surface area contributed by atoms with Gasteiger partial charge in [0.1, 0.15) is 0 Å². The van der Waals surface area contributed by atoms with Crippen LogP contribution in [0.15, 0.2) is 0 Å². The second-order valence-corrected chi connectivity index (χ2v) is 5.87. The van der Waals surface area contributed by atoms with E-state index >= 15 is 0 Å². The number of fused-ring (bicyclic) bond motifs is 2. The van der Waals surface area contributed by atoms with Gasteiger partial charge in [0.05, 0.1) is 11.7 Å². The Morgan fingerprint density at radius 1 is 1.29 bits per heavy atom. The number of rotatable bonds is 3. The predicted molar refractivity (Wildman–Crippen MR) is 68.9 cm³/mol. The number of nitrogens with two attached hydrogens (primary N) is 1. The smallest absolute Gasteiger partial charge is 0.0629 e. The summed E-state index contributed by atoms with van der Waals surface area (Å²) < 4.78 is 2.32. The molecule has 0 amide bonds. The van der Waals surface area contributed by atoms with Gasteiger partial charge in [-0.15, -0.1) is 0 Å². The van der Waals surface area contributed by atoms with Crippen molar-refractivity contribution in [3.8, 4) is 0 Å². The molecule has 1 aromatic rings. The average Bonchev–Trinajstić information content (AvgIpc) is 2.98. The van der Waals surface area contributed by atoms with Gasteiger partial charge in [-0.05, 0) is 63.5 Å². The fourth-order valence-corrected chi connectivity index (χ4v) is 4.04. The van der Waals surface area contributed by atoms with Crippen LogP contribution < -0.4 is 5.73 Å². The summed E-state index contributed by atoms with van der Waals surface area (Å²) in [5, 5.41) is 4.79. The molecule has 2 fully saturated rings. The molecule has 2 bridgehead atoms. The van der Waals surface area contributed by atoms with Gasteiger partial charge in [-0.25, -0.2) is 0 Å². The highest BCUT2D eigenvalue weighted by molar-refractivity contribution is 5.25. The molecule has 1 heterocycles. The van der Waals surface area contributed by atoms with Crippen molar-refractivity contribution in [2.24, 2.45) is 17.6 Å². The molecule has 3 rings (SSSR count). The molecule has 0 aromatic carbocycles. The first-order chi connectivity index (χ1) is 8.20. The zero-order valence-corrected chi connectivity index (χ0v) is 10.9. The maximum absolute atomic E-state index is 5.68. The second-order valence-electron chi connectivity index (χ2n) is 5.87. The SMILES string of the molecule is Cc1nn(C2CC3CCC2C3)c(C)c1CCN. The maximum Gasteiger partial charge on any atom is 0.0629 e. The molecular weight excluding hydrogens is 210 g/mol. The van der Waals surface area contributed by atoms with E-state index < -0.39 is 0 Å². The largest absolute Gasteiger partial charge is 0.330 e. The van der Waals surface area contributed by atoms with Crippen molar-refractivity contribution >= 4 is 0 Å². The summed E-state index contributed by atoms with van der Waals surface area (Å²) in [5.41, 5.74) is 9.63. The van der Waals surface area contributed by atoms with Gasteiger partial charge in [-0.2, -0.15) is 5.10 Å². The lowest BCUT2D eigenvalue weighted by molar-refractivity contribution is 0.301. The van der Waals surface area contributed by atoms with E-state index in [1.165, 1.54) is 42.6 Å². The van der Waals surface area contributed by atoms with Crippen LogP contribution in [0.2, 0.25) is 0 Å². The van der Waals surface area contributed by atoms with Gasteiger partial charge in [0.2, 0.25) is 0 Å². The predicted octanol–water partition coefficient (Wildman–Crippen LogP) is 2.36. The van der Waals surface area contributed by atoms with E-state index in [4.69, 9.17) is 10.8 Å². The molecule has 3 unspecified atom stereocenters. The lowest BCUT2D eigenvalue weighted by Gasteiger charge is -2.23. The molecule has 3 heteroatoms. The molecule has 1 aromatic heterocycles.